The van der Waals surface area contributed by atoms with Gasteiger partial charge in [-0.2, -0.15) is 0 Å². The van der Waals surface area contributed by atoms with Crippen LogP contribution in [0.25, 0.3) is 0 Å². The molecule has 0 radical (unpaired) electrons. The second-order valence-corrected chi connectivity index (χ2v) is 15.2. The van der Waals surface area contributed by atoms with Crippen molar-refractivity contribution in [1.82, 2.24) is 10.2 Å². The van der Waals surface area contributed by atoms with Crippen LogP contribution in [0.2, 0.25) is 0 Å². The number of carbonyl (C=O) groups is 1. The first kappa shape index (κ1) is 29.6. The van der Waals surface area contributed by atoms with Crippen molar-refractivity contribution in [2.45, 2.75) is 113 Å². The van der Waals surface area contributed by atoms with Gasteiger partial charge < -0.3 is 20.3 Å². The highest BCUT2D eigenvalue weighted by molar-refractivity contribution is 5.82. The summed E-state index contributed by atoms with van der Waals surface area (Å²) in [5.74, 6) is 0.890. The molecule has 6 atom stereocenters. The molecule has 4 bridgehead atoms. The highest BCUT2D eigenvalue weighted by Crippen LogP contribution is 2.74. The van der Waals surface area contributed by atoms with Gasteiger partial charge in [0.1, 0.15) is 11.7 Å². The van der Waals surface area contributed by atoms with Crippen LogP contribution in [0.3, 0.4) is 0 Å². The van der Waals surface area contributed by atoms with Gasteiger partial charge in [-0.15, -0.1) is 0 Å². The summed E-state index contributed by atoms with van der Waals surface area (Å²) in [7, 11) is 0. The molecule has 45 heavy (non-hydrogen) atoms. The van der Waals surface area contributed by atoms with Crippen LogP contribution in [-0.4, -0.2) is 58.4 Å². The van der Waals surface area contributed by atoms with E-state index in [0.29, 0.717) is 18.7 Å². The zero-order valence-electron chi connectivity index (χ0n) is 26.7. The van der Waals surface area contributed by atoms with Crippen molar-refractivity contribution in [1.29, 1.82) is 0 Å². The topological polar surface area (TPSA) is 82.0 Å². The summed E-state index contributed by atoms with van der Waals surface area (Å²) in [5, 5.41) is 26.5. The third-order valence-corrected chi connectivity index (χ3v) is 12.6. The fourth-order valence-electron chi connectivity index (χ4n) is 10.3. The number of hydrogen-bond donors (Lipinski definition) is 3. The Morgan fingerprint density at radius 1 is 0.956 bits per heavy atom. The van der Waals surface area contributed by atoms with Crippen molar-refractivity contribution >= 4 is 5.91 Å². The van der Waals surface area contributed by atoms with Gasteiger partial charge in [0.2, 0.25) is 5.91 Å². The molecule has 2 heterocycles. The molecular weight excluding hydrogens is 560 g/mol. The third-order valence-electron chi connectivity index (χ3n) is 12.6. The van der Waals surface area contributed by atoms with Crippen molar-refractivity contribution in [3.05, 3.63) is 71.3 Å². The maximum Gasteiger partial charge on any atom is 0.226 e. The zero-order chi connectivity index (χ0) is 30.6. The van der Waals surface area contributed by atoms with E-state index >= 15 is 0 Å². The van der Waals surface area contributed by atoms with E-state index in [1.807, 2.05) is 6.08 Å². The van der Waals surface area contributed by atoms with Crippen LogP contribution < -0.4 is 10.1 Å². The van der Waals surface area contributed by atoms with Gasteiger partial charge in [-0.25, -0.2) is 0 Å². The van der Waals surface area contributed by atoms with Gasteiger partial charge in [0.05, 0.1) is 11.3 Å². The number of likely N-dealkylation sites (tertiary alicyclic amines) is 1. The summed E-state index contributed by atoms with van der Waals surface area (Å²) in [6.07, 6.45) is 19.6. The van der Waals surface area contributed by atoms with Gasteiger partial charge in [0.15, 0.2) is 11.5 Å². The number of piperidine rings is 1. The molecule has 9 rings (SSSR count). The lowest BCUT2D eigenvalue weighted by Crippen LogP contribution is -2.80. The van der Waals surface area contributed by atoms with Gasteiger partial charge in [-0.1, -0.05) is 87.1 Å². The molecule has 6 nitrogen and oxygen atoms in total. The number of aromatic hydroxyl groups is 1. The number of phenols is 1. The lowest BCUT2D eigenvalue weighted by Gasteiger charge is -2.70. The molecular formula is C39H50N2O4. The average molecular weight is 611 g/mol. The number of aryl methyl sites for hydroxylation is 1. The van der Waals surface area contributed by atoms with E-state index in [9.17, 15) is 15.0 Å². The first-order chi connectivity index (χ1) is 22.0. The van der Waals surface area contributed by atoms with Crippen LogP contribution >= 0.6 is 0 Å². The number of carbonyl (C=O) groups excluding carboxylic acids is 1. The fourth-order valence-corrected chi connectivity index (χ4v) is 10.3. The van der Waals surface area contributed by atoms with E-state index in [0.717, 1.165) is 50.3 Å². The standard InChI is InChI=1S/C39H50N2O4/c42-31-18-17-29-24-32-37-19-20-39(44,36-38(37,33(29)34(31)45-36)21-23-41(32)26-28-15-16-28)30(25-37)35(43)40-22-11-6-4-2-1-3-5-8-12-27-13-9-7-10-14-27/h7,9-10,13-14,17-20,28,30,32,36,42,44H,1-6,8,11-12,15-16,21-26H2,(H,40,43)/t30-,32+,36-,37-,38+,39+/m1/s1. The molecule has 7 aliphatic rings. The lowest BCUT2D eigenvalue weighted by atomic mass is 9.37. The monoisotopic (exact) mass is 610 g/mol. The Hall–Kier alpha value is -2.83. The Morgan fingerprint density at radius 3 is 2.49 bits per heavy atom. The Balaban J connectivity index is 0.884. The molecule has 0 aromatic heterocycles. The van der Waals surface area contributed by atoms with Crippen LogP contribution in [0.15, 0.2) is 54.6 Å². The summed E-state index contributed by atoms with van der Waals surface area (Å²) >= 11 is 0. The highest BCUT2D eigenvalue weighted by Gasteiger charge is 2.79. The number of rotatable bonds is 14. The minimum atomic E-state index is -1.39. The summed E-state index contributed by atoms with van der Waals surface area (Å²) in [6.45, 7) is 2.75. The van der Waals surface area contributed by atoms with E-state index in [4.69, 9.17) is 4.74 Å². The smallest absolute Gasteiger partial charge is 0.226 e. The van der Waals surface area contributed by atoms with Gasteiger partial charge >= 0.3 is 0 Å². The van der Waals surface area contributed by atoms with Crippen LogP contribution in [-0.2, 0) is 23.1 Å². The number of aliphatic hydroxyl groups is 1. The minimum Gasteiger partial charge on any atom is -0.504 e. The van der Waals surface area contributed by atoms with Gasteiger partial charge in [0, 0.05) is 30.1 Å². The lowest BCUT2D eigenvalue weighted by molar-refractivity contribution is -0.206. The van der Waals surface area contributed by atoms with Crippen molar-refractivity contribution in [3.63, 3.8) is 0 Å². The molecule has 3 N–H and O–H groups in total. The second-order valence-electron chi connectivity index (χ2n) is 15.2. The van der Waals surface area contributed by atoms with E-state index in [1.165, 1.54) is 68.9 Å². The van der Waals surface area contributed by atoms with E-state index < -0.39 is 23.0 Å². The van der Waals surface area contributed by atoms with Crippen LogP contribution in [0.1, 0.15) is 93.7 Å². The predicted molar refractivity (Wildman–Crippen MR) is 175 cm³/mol. The molecule has 2 aliphatic heterocycles. The van der Waals surface area contributed by atoms with Crippen LogP contribution in [0, 0.1) is 17.3 Å². The van der Waals surface area contributed by atoms with E-state index in [-0.39, 0.29) is 23.1 Å². The second kappa shape index (κ2) is 11.5. The van der Waals surface area contributed by atoms with Crippen molar-refractivity contribution in [2.75, 3.05) is 19.6 Å². The Kier molecular flexibility index (Phi) is 7.52. The number of unbranched alkanes of at least 4 members (excludes halogenated alkanes) is 7. The fraction of sp³-hybridized carbons (Fsp3) is 0.615. The van der Waals surface area contributed by atoms with Crippen molar-refractivity contribution < 1.29 is 19.7 Å². The van der Waals surface area contributed by atoms with Gasteiger partial charge in [-0.05, 0) is 81.0 Å². The Labute approximate surface area is 268 Å². The van der Waals surface area contributed by atoms with Crippen molar-refractivity contribution in [3.8, 4) is 11.5 Å². The number of phenolic OH excluding ortho intramolecular Hbond substituents is 1. The predicted octanol–water partition coefficient (Wildman–Crippen LogP) is 6.22. The van der Waals surface area contributed by atoms with Gasteiger partial charge in [0.25, 0.3) is 0 Å². The summed E-state index contributed by atoms with van der Waals surface area (Å²) in [4.78, 5) is 16.6. The molecule has 1 saturated heterocycles. The summed E-state index contributed by atoms with van der Waals surface area (Å²) in [6, 6.07) is 14.9. The number of hydrogen-bond acceptors (Lipinski definition) is 5. The van der Waals surface area contributed by atoms with Crippen LogP contribution in [0.4, 0.5) is 0 Å². The summed E-state index contributed by atoms with van der Waals surface area (Å²) in [5.41, 5.74) is 1.72. The summed E-state index contributed by atoms with van der Waals surface area (Å²) < 4.78 is 6.63. The highest BCUT2D eigenvalue weighted by atomic mass is 16.5. The molecule has 6 heteroatoms. The minimum absolute atomic E-state index is 0.0455. The first-order valence-electron chi connectivity index (χ1n) is 18.0. The number of fused-ring (bicyclic) bond motifs is 1. The molecule has 2 saturated carbocycles. The first-order valence-corrected chi connectivity index (χ1v) is 18.0. The molecule has 0 unspecified atom stereocenters. The largest absolute Gasteiger partial charge is 0.504 e. The number of nitrogens with zero attached hydrogens (tertiary/aromatic N) is 1. The average Bonchev–Trinajstić information content (AvgIpc) is 3.79. The molecule has 1 amide bonds. The molecule has 2 spiro atoms. The quantitative estimate of drug-likeness (QED) is 0.175. The van der Waals surface area contributed by atoms with Gasteiger partial charge in [-0.3, -0.25) is 9.69 Å². The molecule has 240 valence electrons. The molecule has 5 aliphatic carbocycles. The van der Waals surface area contributed by atoms with E-state index in [2.05, 4.69) is 52.7 Å². The zero-order valence-corrected chi connectivity index (χ0v) is 26.7. The Bertz CT molecular complexity index is 1450. The Morgan fingerprint density at radius 2 is 1.71 bits per heavy atom. The number of nitrogens with one attached hydrogen (secondary N) is 1. The normalized spacial score (nSPS) is 33.6. The molecule has 2 aromatic rings. The maximum absolute atomic E-state index is 13.9. The number of amides is 1. The number of ether oxygens (including phenoxy) is 1. The molecule has 2 aromatic carbocycles. The molecule has 3 fully saturated rings. The third kappa shape index (κ3) is 4.68. The van der Waals surface area contributed by atoms with Crippen molar-refractivity contribution in [2.24, 2.45) is 17.3 Å². The number of benzene rings is 2. The van der Waals surface area contributed by atoms with Crippen LogP contribution in [0.5, 0.6) is 11.5 Å². The SMILES string of the molecule is O=C(NCCCCCCCCCCc1ccccc1)[C@H]1C[C@@]23C=C[C@@]1(O)[C@@H]1Oc4c(O)ccc5c4[C@@]12CCN(CC1CC1)[C@H]3C5. The maximum atomic E-state index is 13.9. The van der Waals surface area contributed by atoms with E-state index in [1.54, 1.807) is 6.07 Å².